The lowest BCUT2D eigenvalue weighted by Crippen LogP contribution is -2.09. The Bertz CT molecular complexity index is 1010. The number of ether oxygens (including phenoxy) is 1. The van der Waals surface area contributed by atoms with Crippen molar-refractivity contribution in [2.24, 2.45) is 0 Å². The highest BCUT2D eigenvalue weighted by Gasteiger charge is 2.19. The maximum absolute atomic E-state index is 12.7. The van der Waals surface area contributed by atoms with E-state index in [0.717, 1.165) is 27.3 Å². The Labute approximate surface area is 148 Å². The minimum Gasteiger partial charge on any atom is -0.496 e. The molecule has 0 saturated heterocycles. The van der Waals surface area contributed by atoms with Gasteiger partial charge in [-0.15, -0.1) is 17.8 Å². The van der Waals surface area contributed by atoms with Crippen LogP contribution in [0.25, 0.3) is 21.3 Å². The number of rotatable bonds is 4. The van der Waals surface area contributed by atoms with Gasteiger partial charge in [0.1, 0.15) is 10.6 Å². The van der Waals surface area contributed by atoms with Gasteiger partial charge in [0.15, 0.2) is 5.16 Å². The van der Waals surface area contributed by atoms with E-state index in [-0.39, 0.29) is 5.56 Å². The van der Waals surface area contributed by atoms with Crippen LogP contribution in [0.2, 0.25) is 0 Å². The first kappa shape index (κ1) is 16.6. The molecule has 0 aliphatic carbocycles. The van der Waals surface area contributed by atoms with Crippen molar-refractivity contribution in [2.45, 2.75) is 19.0 Å². The zero-order valence-electron chi connectivity index (χ0n) is 13.6. The molecule has 0 spiro atoms. The van der Waals surface area contributed by atoms with Crippen molar-refractivity contribution in [3.63, 3.8) is 0 Å². The molecule has 2 heterocycles. The number of hydrogen-bond acceptors (Lipinski definition) is 5. The van der Waals surface area contributed by atoms with E-state index in [1.807, 2.05) is 32.0 Å². The van der Waals surface area contributed by atoms with Crippen molar-refractivity contribution in [3.05, 3.63) is 39.0 Å². The molecule has 4 nitrogen and oxygen atoms in total. The minimum atomic E-state index is -0.151. The van der Waals surface area contributed by atoms with Gasteiger partial charge in [0, 0.05) is 16.0 Å². The fourth-order valence-electron chi connectivity index (χ4n) is 2.62. The summed E-state index contributed by atoms with van der Waals surface area (Å²) in [6, 6.07) is 5.95. The first-order valence-corrected chi connectivity index (χ1v) is 9.10. The van der Waals surface area contributed by atoms with Gasteiger partial charge >= 0.3 is 0 Å². The standard InChI is InChI=1S/C18H16N2O2S2/c1-5-8-23-18-19-16(21)15-14(11(3)24-17(15)20-18)12-9-10(2)6-7-13(12)22-4/h1,6-7,9H,8H2,2-4H3,(H,19,20,21). The van der Waals surface area contributed by atoms with Crippen LogP contribution in [0.15, 0.2) is 28.2 Å². The molecule has 1 N–H and O–H groups in total. The third kappa shape index (κ3) is 2.93. The lowest BCUT2D eigenvalue weighted by molar-refractivity contribution is 0.416. The van der Waals surface area contributed by atoms with E-state index in [9.17, 15) is 4.79 Å². The number of fused-ring (bicyclic) bond motifs is 1. The molecule has 6 heteroatoms. The minimum absolute atomic E-state index is 0.151. The Morgan fingerprint density at radius 3 is 2.92 bits per heavy atom. The summed E-state index contributed by atoms with van der Waals surface area (Å²) in [6.07, 6.45) is 5.28. The third-order valence-electron chi connectivity index (χ3n) is 3.63. The smallest absolute Gasteiger partial charge is 0.260 e. The molecule has 24 heavy (non-hydrogen) atoms. The number of nitrogens with zero attached hydrogens (tertiary/aromatic N) is 1. The highest BCUT2D eigenvalue weighted by atomic mass is 32.2. The molecule has 1 aromatic carbocycles. The van der Waals surface area contributed by atoms with Crippen molar-refractivity contribution >= 4 is 33.3 Å². The molecule has 0 bridgehead atoms. The van der Waals surface area contributed by atoms with E-state index in [0.29, 0.717) is 21.1 Å². The normalized spacial score (nSPS) is 10.8. The number of aryl methyl sites for hydroxylation is 2. The molecule has 0 atom stereocenters. The summed E-state index contributed by atoms with van der Waals surface area (Å²) in [5, 5.41) is 1.15. The van der Waals surface area contributed by atoms with Crippen molar-refractivity contribution in [1.29, 1.82) is 0 Å². The summed E-state index contributed by atoms with van der Waals surface area (Å²) >= 11 is 2.86. The third-order valence-corrected chi connectivity index (χ3v) is 5.41. The van der Waals surface area contributed by atoms with Crippen LogP contribution < -0.4 is 10.3 Å². The van der Waals surface area contributed by atoms with Gasteiger partial charge in [-0.3, -0.25) is 4.79 Å². The molecular formula is C18H16N2O2S2. The first-order valence-electron chi connectivity index (χ1n) is 7.30. The van der Waals surface area contributed by atoms with Gasteiger partial charge in [-0.05, 0) is 26.0 Å². The number of aromatic nitrogens is 2. The monoisotopic (exact) mass is 356 g/mol. The van der Waals surface area contributed by atoms with Gasteiger partial charge in [-0.2, -0.15) is 0 Å². The zero-order chi connectivity index (χ0) is 17.3. The van der Waals surface area contributed by atoms with Crippen LogP contribution in [0.1, 0.15) is 10.4 Å². The number of aromatic amines is 1. The molecule has 0 saturated carbocycles. The summed E-state index contributed by atoms with van der Waals surface area (Å²) in [6.45, 7) is 4.01. The summed E-state index contributed by atoms with van der Waals surface area (Å²) in [7, 11) is 1.63. The fraction of sp³-hybridized carbons (Fsp3) is 0.222. The molecule has 0 fully saturated rings. The second kappa shape index (κ2) is 6.71. The Balaban J connectivity index is 2.27. The highest BCUT2D eigenvalue weighted by Crippen LogP contribution is 2.40. The number of H-pyrrole nitrogens is 1. The predicted octanol–water partition coefficient (Wildman–Crippen LogP) is 4.00. The number of benzene rings is 1. The van der Waals surface area contributed by atoms with Gasteiger partial charge in [0.25, 0.3) is 5.56 Å². The first-order chi connectivity index (χ1) is 11.5. The summed E-state index contributed by atoms with van der Waals surface area (Å²) < 4.78 is 5.49. The molecule has 0 aliphatic rings. The molecular weight excluding hydrogens is 340 g/mol. The van der Waals surface area contributed by atoms with Crippen molar-refractivity contribution in [2.75, 3.05) is 12.9 Å². The molecule has 0 aliphatic heterocycles. The van der Waals surface area contributed by atoms with Crippen LogP contribution in [0.3, 0.4) is 0 Å². The van der Waals surface area contributed by atoms with E-state index in [4.69, 9.17) is 11.2 Å². The summed E-state index contributed by atoms with van der Waals surface area (Å²) in [5.41, 5.74) is 2.76. The largest absolute Gasteiger partial charge is 0.496 e. The highest BCUT2D eigenvalue weighted by molar-refractivity contribution is 7.99. The maximum Gasteiger partial charge on any atom is 0.260 e. The van der Waals surface area contributed by atoms with E-state index in [1.54, 1.807) is 7.11 Å². The number of hydrogen-bond donors (Lipinski definition) is 1. The van der Waals surface area contributed by atoms with Gasteiger partial charge in [-0.1, -0.05) is 29.3 Å². The number of terminal acetylenes is 1. The Kier molecular flexibility index (Phi) is 4.65. The predicted molar refractivity (Wildman–Crippen MR) is 101 cm³/mol. The van der Waals surface area contributed by atoms with Crippen molar-refractivity contribution < 1.29 is 4.74 Å². The van der Waals surface area contributed by atoms with E-state index < -0.39 is 0 Å². The maximum atomic E-state index is 12.7. The van der Waals surface area contributed by atoms with E-state index in [1.165, 1.54) is 23.1 Å². The average molecular weight is 356 g/mol. The van der Waals surface area contributed by atoms with Crippen molar-refractivity contribution in [3.8, 4) is 29.2 Å². The molecule has 2 aromatic heterocycles. The zero-order valence-corrected chi connectivity index (χ0v) is 15.2. The number of thiophene rings is 1. The van der Waals surface area contributed by atoms with Crippen LogP contribution in [0, 0.1) is 26.2 Å². The molecule has 3 aromatic rings. The quantitative estimate of drug-likeness (QED) is 0.436. The summed E-state index contributed by atoms with van der Waals surface area (Å²) in [4.78, 5) is 21.8. The van der Waals surface area contributed by atoms with Gasteiger partial charge in [-0.25, -0.2) is 4.98 Å². The Morgan fingerprint density at radius 2 is 2.21 bits per heavy atom. The lowest BCUT2D eigenvalue weighted by atomic mass is 10.0. The second-order valence-corrected chi connectivity index (χ2v) is 7.45. The average Bonchev–Trinajstić information content (AvgIpc) is 2.89. The molecule has 3 rings (SSSR count). The van der Waals surface area contributed by atoms with Crippen LogP contribution in [-0.4, -0.2) is 22.8 Å². The SMILES string of the molecule is C#CCSc1nc2sc(C)c(-c3cc(C)ccc3OC)c2c(=O)[nH]1. The van der Waals surface area contributed by atoms with E-state index >= 15 is 0 Å². The van der Waals surface area contributed by atoms with Gasteiger partial charge in [0.2, 0.25) is 0 Å². The molecule has 0 radical (unpaired) electrons. The Hall–Kier alpha value is -2.23. The molecule has 0 amide bonds. The Morgan fingerprint density at radius 1 is 1.42 bits per heavy atom. The number of nitrogens with one attached hydrogen (secondary N) is 1. The molecule has 122 valence electrons. The summed E-state index contributed by atoms with van der Waals surface area (Å²) in [5.74, 6) is 3.75. The second-order valence-electron chi connectivity index (χ2n) is 5.28. The van der Waals surface area contributed by atoms with Crippen LogP contribution >= 0.6 is 23.1 Å². The molecule has 0 unspecified atom stereocenters. The van der Waals surface area contributed by atoms with Crippen LogP contribution in [0.5, 0.6) is 5.75 Å². The topological polar surface area (TPSA) is 55.0 Å². The van der Waals surface area contributed by atoms with Gasteiger partial charge < -0.3 is 9.72 Å². The van der Waals surface area contributed by atoms with Crippen molar-refractivity contribution in [1.82, 2.24) is 9.97 Å². The lowest BCUT2D eigenvalue weighted by Gasteiger charge is -2.10. The van der Waals surface area contributed by atoms with Crippen LogP contribution in [-0.2, 0) is 0 Å². The number of methoxy groups -OCH3 is 1. The fourth-order valence-corrected chi connectivity index (χ4v) is 4.26. The van der Waals surface area contributed by atoms with Gasteiger partial charge in [0.05, 0.1) is 18.2 Å². The number of thioether (sulfide) groups is 1. The van der Waals surface area contributed by atoms with E-state index in [2.05, 4.69) is 15.9 Å². The van der Waals surface area contributed by atoms with Crippen LogP contribution in [0.4, 0.5) is 0 Å².